The Morgan fingerprint density at radius 2 is 1.96 bits per heavy atom. The second kappa shape index (κ2) is 6.48. The van der Waals surface area contributed by atoms with E-state index in [1.807, 2.05) is 58.1 Å². The summed E-state index contributed by atoms with van der Waals surface area (Å²) < 4.78 is 2.95. The molecule has 1 aromatic heterocycles. The van der Waals surface area contributed by atoms with Gasteiger partial charge in [0.1, 0.15) is 6.04 Å². The number of hydrogen-bond donors (Lipinski definition) is 0. The van der Waals surface area contributed by atoms with Gasteiger partial charge in [-0.25, -0.2) is 4.98 Å². The molecule has 0 spiro atoms. The lowest BCUT2D eigenvalue weighted by molar-refractivity contribution is -0.138. The number of carbonyl (C=O) groups excluding carboxylic acids is 1. The molecule has 2 heterocycles. The molecule has 0 saturated carbocycles. The summed E-state index contributed by atoms with van der Waals surface area (Å²) in [5.41, 5.74) is 3.15. The molecule has 25 heavy (non-hydrogen) atoms. The first kappa shape index (κ1) is 16.1. The highest BCUT2D eigenvalue weighted by atomic mass is 79.9. The minimum Gasteiger partial charge on any atom is -0.328 e. The van der Waals surface area contributed by atoms with Crippen molar-refractivity contribution in [1.82, 2.24) is 14.5 Å². The molecule has 5 heteroatoms. The molecule has 0 fully saturated rings. The number of nitrogens with zero attached hydrogens (tertiary/aromatic N) is 3. The van der Waals surface area contributed by atoms with Crippen molar-refractivity contribution in [3.63, 3.8) is 0 Å². The Balaban J connectivity index is 1.76. The van der Waals surface area contributed by atoms with E-state index in [2.05, 4.69) is 40.0 Å². The first-order chi connectivity index (χ1) is 12.1. The second-order valence-electron chi connectivity index (χ2n) is 6.30. The molecule has 3 aromatic rings. The van der Waals surface area contributed by atoms with E-state index in [9.17, 15) is 4.79 Å². The normalized spacial score (nSPS) is 18.1. The molecule has 2 aromatic carbocycles. The molecule has 1 aliphatic heterocycles. The molecule has 0 N–H and O–H groups in total. The topological polar surface area (TPSA) is 38.1 Å². The maximum Gasteiger partial charge on any atom is 0.251 e. The van der Waals surface area contributed by atoms with Crippen LogP contribution in [0.3, 0.4) is 0 Å². The molecular formula is C20H18BrN3O. The summed E-state index contributed by atoms with van der Waals surface area (Å²) in [7, 11) is 0. The van der Waals surface area contributed by atoms with E-state index in [0.717, 1.165) is 21.3 Å². The minimum atomic E-state index is -0.380. The van der Waals surface area contributed by atoms with Gasteiger partial charge in [0, 0.05) is 10.7 Å². The predicted molar refractivity (Wildman–Crippen MR) is 99.9 cm³/mol. The lowest BCUT2D eigenvalue weighted by Gasteiger charge is -2.38. The van der Waals surface area contributed by atoms with Crippen LogP contribution in [-0.4, -0.2) is 20.4 Å². The number of aromatic nitrogens is 2. The zero-order valence-electron chi connectivity index (χ0n) is 13.8. The zero-order valence-corrected chi connectivity index (χ0v) is 15.4. The van der Waals surface area contributed by atoms with Gasteiger partial charge in [-0.2, -0.15) is 0 Å². The van der Waals surface area contributed by atoms with Crippen LogP contribution in [0.4, 0.5) is 0 Å². The SMILES string of the molecule is C[C@@H](c1ccccc1)N1Cc2cncn2[C@H](c2cccc(Br)c2)C1=O. The molecule has 0 unspecified atom stereocenters. The number of amides is 1. The molecule has 0 saturated heterocycles. The Kier molecular flexibility index (Phi) is 4.17. The van der Waals surface area contributed by atoms with E-state index in [1.165, 1.54) is 0 Å². The summed E-state index contributed by atoms with van der Waals surface area (Å²) in [6.07, 6.45) is 3.60. The van der Waals surface area contributed by atoms with E-state index in [4.69, 9.17) is 0 Å². The van der Waals surface area contributed by atoms with Crippen LogP contribution < -0.4 is 0 Å². The molecule has 1 aliphatic rings. The second-order valence-corrected chi connectivity index (χ2v) is 7.22. The van der Waals surface area contributed by atoms with Gasteiger partial charge in [-0.05, 0) is 30.2 Å². The summed E-state index contributed by atoms with van der Waals surface area (Å²) in [5.74, 6) is 0.0972. The molecule has 4 rings (SSSR count). The van der Waals surface area contributed by atoms with E-state index in [0.29, 0.717) is 6.54 Å². The van der Waals surface area contributed by atoms with Crippen LogP contribution in [0, 0.1) is 0 Å². The molecular weight excluding hydrogens is 378 g/mol. The fourth-order valence-corrected chi connectivity index (χ4v) is 3.85. The quantitative estimate of drug-likeness (QED) is 0.661. The Hall–Kier alpha value is -2.40. The van der Waals surface area contributed by atoms with Crippen molar-refractivity contribution in [2.75, 3.05) is 0 Å². The standard InChI is InChI=1S/C20H18BrN3O/c1-14(15-6-3-2-4-7-15)23-12-18-11-22-13-24(18)19(20(23)25)16-8-5-9-17(21)10-16/h2-11,13-14,19H,12H2,1H3/t14-,19+/m0/s1. The van der Waals surface area contributed by atoms with E-state index < -0.39 is 0 Å². The van der Waals surface area contributed by atoms with Gasteiger partial charge in [-0.1, -0.05) is 58.4 Å². The number of rotatable bonds is 3. The number of halogens is 1. The van der Waals surface area contributed by atoms with Gasteiger partial charge in [-0.3, -0.25) is 4.79 Å². The van der Waals surface area contributed by atoms with Crippen LogP contribution in [0.1, 0.15) is 35.8 Å². The number of imidazole rings is 1. The van der Waals surface area contributed by atoms with Crippen LogP contribution in [0.5, 0.6) is 0 Å². The number of benzene rings is 2. The van der Waals surface area contributed by atoms with Crippen LogP contribution in [0.15, 0.2) is 71.6 Å². The lowest BCUT2D eigenvalue weighted by atomic mass is 9.99. The van der Waals surface area contributed by atoms with Gasteiger partial charge >= 0.3 is 0 Å². The van der Waals surface area contributed by atoms with Crippen molar-refractivity contribution in [3.8, 4) is 0 Å². The van der Waals surface area contributed by atoms with Gasteiger partial charge in [0.2, 0.25) is 0 Å². The largest absolute Gasteiger partial charge is 0.328 e. The molecule has 2 atom stereocenters. The van der Waals surface area contributed by atoms with Crippen molar-refractivity contribution in [2.24, 2.45) is 0 Å². The van der Waals surface area contributed by atoms with Crippen LogP contribution >= 0.6 is 15.9 Å². The molecule has 1 amide bonds. The Labute approximate surface area is 155 Å². The zero-order chi connectivity index (χ0) is 17.4. The van der Waals surface area contributed by atoms with Gasteiger partial charge in [0.25, 0.3) is 5.91 Å². The molecule has 126 valence electrons. The Bertz CT molecular complexity index is 906. The van der Waals surface area contributed by atoms with Crippen LogP contribution in [0.25, 0.3) is 0 Å². The maximum atomic E-state index is 13.4. The van der Waals surface area contributed by atoms with Gasteiger partial charge in [0.05, 0.1) is 24.6 Å². The van der Waals surface area contributed by atoms with E-state index in [1.54, 1.807) is 6.33 Å². The van der Waals surface area contributed by atoms with Gasteiger partial charge in [-0.15, -0.1) is 0 Å². The first-order valence-electron chi connectivity index (χ1n) is 8.27. The number of carbonyl (C=O) groups is 1. The molecule has 0 aliphatic carbocycles. The monoisotopic (exact) mass is 395 g/mol. The van der Waals surface area contributed by atoms with Crippen LogP contribution in [0.2, 0.25) is 0 Å². The fraction of sp³-hybridized carbons (Fsp3) is 0.200. The average Bonchev–Trinajstić information content (AvgIpc) is 3.09. The maximum absolute atomic E-state index is 13.4. The average molecular weight is 396 g/mol. The van der Waals surface area contributed by atoms with E-state index in [-0.39, 0.29) is 18.0 Å². The van der Waals surface area contributed by atoms with E-state index >= 15 is 0 Å². The molecule has 0 bridgehead atoms. The first-order valence-corrected chi connectivity index (χ1v) is 9.06. The summed E-state index contributed by atoms with van der Waals surface area (Å²) in [4.78, 5) is 19.6. The third-order valence-corrected chi connectivity index (χ3v) is 5.28. The Morgan fingerprint density at radius 1 is 1.16 bits per heavy atom. The fourth-order valence-electron chi connectivity index (χ4n) is 3.43. The van der Waals surface area contributed by atoms with Crippen molar-refractivity contribution in [3.05, 3.63) is 88.4 Å². The summed E-state index contributed by atoms with van der Waals surface area (Å²) >= 11 is 3.51. The minimum absolute atomic E-state index is 0.00648. The summed E-state index contributed by atoms with van der Waals surface area (Å²) in [5, 5.41) is 0. The smallest absolute Gasteiger partial charge is 0.251 e. The third-order valence-electron chi connectivity index (χ3n) is 4.79. The Morgan fingerprint density at radius 3 is 2.72 bits per heavy atom. The van der Waals surface area contributed by atoms with Crippen molar-refractivity contribution >= 4 is 21.8 Å². The van der Waals surface area contributed by atoms with Crippen molar-refractivity contribution < 1.29 is 4.79 Å². The highest BCUT2D eigenvalue weighted by Crippen LogP contribution is 2.34. The summed E-state index contributed by atoms with van der Waals surface area (Å²) in [6, 6.07) is 17.7. The van der Waals surface area contributed by atoms with Crippen molar-refractivity contribution in [2.45, 2.75) is 25.6 Å². The molecule has 4 nitrogen and oxygen atoms in total. The van der Waals surface area contributed by atoms with Crippen molar-refractivity contribution in [1.29, 1.82) is 0 Å². The molecule has 0 radical (unpaired) electrons. The highest BCUT2D eigenvalue weighted by Gasteiger charge is 2.36. The predicted octanol–water partition coefficient (Wildman–Crippen LogP) is 4.34. The number of fused-ring (bicyclic) bond motifs is 1. The number of hydrogen-bond acceptors (Lipinski definition) is 2. The van der Waals surface area contributed by atoms with Gasteiger partial charge < -0.3 is 9.47 Å². The van der Waals surface area contributed by atoms with Crippen LogP contribution in [-0.2, 0) is 11.3 Å². The lowest BCUT2D eigenvalue weighted by Crippen LogP contribution is -2.43. The third kappa shape index (κ3) is 2.89. The summed E-state index contributed by atoms with van der Waals surface area (Å²) in [6.45, 7) is 2.65. The highest BCUT2D eigenvalue weighted by molar-refractivity contribution is 9.10. The van der Waals surface area contributed by atoms with Gasteiger partial charge in [0.15, 0.2) is 0 Å².